The first-order valence-corrected chi connectivity index (χ1v) is 7.68. The van der Waals surface area contributed by atoms with Crippen LogP contribution in [0.1, 0.15) is 19.4 Å². The van der Waals surface area contributed by atoms with Crippen molar-refractivity contribution in [1.29, 1.82) is 0 Å². The smallest absolute Gasteiger partial charge is 0.319 e. The van der Waals surface area contributed by atoms with E-state index >= 15 is 0 Å². The monoisotopic (exact) mass is 318 g/mol. The Balaban J connectivity index is 3.61. The third kappa shape index (κ3) is 4.67. The summed E-state index contributed by atoms with van der Waals surface area (Å²) in [5.41, 5.74) is -1.13. The lowest BCUT2D eigenvalue weighted by Gasteiger charge is -2.11. The third-order valence-electron chi connectivity index (χ3n) is 2.40. The molecular weight excluding hydrogens is 304 g/mol. The van der Waals surface area contributed by atoms with Crippen LogP contribution in [0.4, 0.5) is 11.4 Å². The number of benzene rings is 1. The van der Waals surface area contributed by atoms with Gasteiger partial charge in [-0.3, -0.25) is 20.2 Å². The Bertz CT molecular complexity index is 682. The number of non-ortho nitro benzene ring substituents is 1. The van der Waals surface area contributed by atoms with E-state index in [4.69, 9.17) is 0 Å². The summed E-state index contributed by atoms with van der Waals surface area (Å²) in [6.07, 6.45) is 0.949. The molecule has 0 saturated heterocycles. The van der Waals surface area contributed by atoms with Crippen molar-refractivity contribution < 1.29 is 22.4 Å². The van der Waals surface area contributed by atoms with Gasteiger partial charge in [-0.2, -0.15) is 8.42 Å². The van der Waals surface area contributed by atoms with Crippen LogP contribution >= 0.6 is 0 Å². The summed E-state index contributed by atoms with van der Waals surface area (Å²) in [6, 6.07) is 1.78. The van der Waals surface area contributed by atoms with Crippen LogP contribution < -0.4 is 4.18 Å². The Morgan fingerprint density at radius 2 is 1.76 bits per heavy atom. The first kappa shape index (κ1) is 16.8. The zero-order valence-corrected chi connectivity index (χ0v) is 12.4. The van der Waals surface area contributed by atoms with Crippen molar-refractivity contribution in [2.24, 2.45) is 5.92 Å². The van der Waals surface area contributed by atoms with Crippen LogP contribution in [0.3, 0.4) is 0 Å². The van der Waals surface area contributed by atoms with Crippen molar-refractivity contribution in [3.05, 3.63) is 37.9 Å². The minimum atomic E-state index is -4.00. The second-order valence-electron chi connectivity index (χ2n) is 4.85. The van der Waals surface area contributed by atoms with Gasteiger partial charge in [-0.25, -0.2) is 0 Å². The predicted octanol–water partition coefficient (Wildman–Crippen LogP) is 2.04. The molecule has 21 heavy (non-hydrogen) atoms. The van der Waals surface area contributed by atoms with Crippen LogP contribution in [0, 0.1) is 26.1 Å². The van der Waals surface area contributed by atoms with Gasteiger partial charge in [0.15, 0.2) is 0 Å². The van der Waals surface area contributed by atoms with Crippen LogP contribution in [0.25, 0.3) is 0 Å². The number of nitro benzene ring substituents is 2. The van der Waals surface area contributed by atoms with E-state index in [2.05, 4.69) is 4.18 Å². The van der Waals surface area contributed by atoms with Crippen molar-refractivity contribution in [2.75, 3.05) is 6.26 Å². The highest BCUT2D eigenvalue weighted by atomic mass is 32.2. The Kier molecular flexibility index (Phi) is 4.84. The molecule has 0 fully saturated rings. The zero-order chi connectivity index (χ0) is 16.4. The van der Waals surface area contributed by atoms with E-state index in [1.54, 1.807) is 13.8 Å². The molecule has 116 valence electrons. The van der Waals surface area contributed by atoms with Crippen molar-refractivity contribution in [3.8, 4) is 5.75 Å². The molecule has 0 heterocycles. The molecule has 0 N–H and O–H groups in total. The van der Waals surface area contributed by atoms with Gasteiger partial charge < -0.3 is 4.18 Å². The topological polar surface area (TPSA) is 130 Å². The Morgan fingerprint density at radius 1 is 1.19 bits per heavy atom. The summed E-state index contributed by atoms with van der Waals surface area (Å²) >= 11 is 0. The minimum Gasteiger partial charge on any atom is -0.375 e. The number of nitro groups is 2. The highest BCUT2D eigenvalue weighted by Crippen LogP contribution is 2.37. The van der Waals surface area contributed by atoms with Crippen molar-refractivity contribution in [3.63, 3.8) is 0 Å². The van der Waals surface area contributed by atoms with Crippen LogP contribution in [0.2, 0.25) is 0 Å². The number of hydrogen-bond donors (Lipinski definition) is 0. The van der Waals surface area contributed by atoms with E-state index in [0.717, 1.165) is 12.3 Å². The van der Waals surface area contributed by atoms with Gasteiger partial charge in [-0.1, -0.05) is 13.8 Å². The molecule has 0 aromatic heterocycles. The Morgan fingerprint density at radius 3 is 2.14 bits per heavy atom. The van der Waals surface area contributed by atoms with E-state index in [-0.39, 0.29) is 17.9 Å². The van der Waals surface area contributed by atoms with Gasteiger partial charge in [0.05, 0.1) is 22.2 Å². The molecule has 0 amide bonds. The summed E-state index contributed by atoms with van der Waals surface area (Å²) in [5.74, 6) is -0.477. The van der Waals surface area contributed by atoms with Crippen LogP contribution in [0.5, 0.6) is 5.75 Å². The summed E-state index contributed by atoms with van der Waals surface area (Å²) in [4.78, 5) is 20.2. The van der Waals surface area contributed by atoms with E-state index in [1.165, 1.54) is 0 Å². The number of rotatable bonds is 6. The maximum atomic E-state index is 11.3. The average molecular weight is 318 g/mol. The first-order valence-electron chi connectivity index (χ1n) is 5.86. The maximum Gasteiger partial charge on any atom is 0.319 e. The van der Waals surface area contributed by atoms with Crippen LogP contribution in [-0.2, 0) is 16.5 Å². The molecule has 0 atom stereocenters. The van der Waals surface area contributed by atoms with Gasteiger partial charge in [-0.05, 0) is 12.3 Å². The maximum absolute atomic E-state index is 11.3. The van der Waals surface area contributed by atoms with E-state index in [0.29, 0.717) is 6.07 Å². The zero-order valence-electron chi connectivity index (χ0n) is 11.6. The SMILES string of the molecule is CC(C)Cc1cc([N+](=O)[O-])cc([N+](=O)[O-])c1OS(C)(=O)=O. The molecule has 9 nitrogen and oxygen atoms in total. The fourth-order valence-corrected chi connectivity index (χ4v) is 2.23. The van der Waals surface area contributed by atoms with Gasteiger partial charge >= 0.3 is 15.8 Å². The van der Waals surface area contributed by atoms with Crippen LogP contribution in [0.15, 0.2) is 12.1 Å². The molecule has 10 heteroatoms. The van der Waals surface area contributed by atoms with E-state index in [1.807, 2.05) is 0 Å². The molecule has 0 aliphatic heterocycles. The standard InChI is InChI=1S/C11H14N2O7S/c1-7(2)4-8-5-9(12(14)15)6-10(13(16)17)11(8)20-21(3,18)19/h5-7H,4H2,1-3H3. The Labute approximate surface area is 121 Å². The lowest BCUT2D eigenvalue weighted by molar-refractivity contribution is -0.394. The molecule has 0 spiro atoms. The highest BCUT2D eigenvalue weighted by molar-refractivity contribution is 7.86. The fraction of sp³-hybridized carbons (Fsp3) is 0.455. The van der Waals surface area contributed by atoms with Gasteiger partial charge in [0.1, 0.15) is 0 Å². The second kappa shape index (κ2) is 6.04. The molecule has 1 aromatic rings. The third-order valence-corrected chi connectivity index (χ3v) is 2.87. The molecule has 0 aliphatic carbocycles. The molecule has 1 rings (SSSR count). The molecule has 0 saturated carbocycles. The Hall–Kier alpha value is -2.23. The van der Waals surface area contributed by atoms with Gasteiger partial charge in [0.2, 0.25) is 5.75 Å². The molecule has 0 aliphatic rings. The summed E-state index contributed by atoms with van der Waals surface area (Å²) in [7, 11) is -4.00. The quantitative estimate of drug-likeness (QED) is 0.445. The van der Waals surface area contributed by atoms with Crippen LogP contribution in [-0.4, -0.2) is 24.5 Å². The first-order chi connectivity index (χ1) is 9.51. The average Bonchev–Trinajstić information content (AvgIpc) is 2.27. The van der Waals surface area contributed by atoms with Crippen molar-refractivity contribution in [1.82, 2.24) is 0 Å². The molecule has 0 unspecified atom stereocenters. The van der Waals surface area contributed by atoms with Gasteiger partial charge in [0.25, 0.3) is 5.69 Å². The van der Waals surface area contributed by atoms with E-state index < -0.39 is 37.1 Å². The van der Waals surface area contributed by atoms with E-state index in [9.17, 15) is 28.6 Å². The summed E-state index contributed by atoms with van der Waals surface area (Å²) in [5, 5.41) is 21.9. The predicted molar refractivity (Wildman–Crippen MR) is 73.8 cm³/mol. The fourth-order valence-electron chi connectivity index (χ4n) is 1.74. The lowest BCUT2D eigenvalue weighted by atomic mass is 10.0. The molecular formula is C11H14N2O7S. The molecule has 0 radical (unpaired) electrons. The largest absolute Gasteiger partial charge is 0.375 e. The molecule has 1 aromatic carbocycles. The molecule has 0 bridgehead atoms. The lowest BCUT2D eigenvalue weighted by Crippen LogP contribution is -2.11. The highest BCUT2D eigenvalue weighted by Gasteiger charge is 2.28. The minimum absolute atomic E-state index is 0.00600. The summed E-state index contributed by atoms with van der Waals surface area (Å²) in [6.45, 7) is 3.57. The number of nitrogens with zero attached hydrogens (tertiary/aromatic N) is 2. The van der Waals surface area contributed by atoms with Crippen molar-refractivity contribution >= 4 is 21.5 Å². The van der Waals surface area contributed by atoms with Crippen molar-refractivity contribution in [2.45, 2.75) is 20.3 Å². The normalized spacial score (nSPS) is 11.4. The second-order valence-corrected chi connectivity index (χ2v) is 6.43. The van der Waals surface area contributed by atoms with Gasteiger partial charge in [-0.15, -0.1) is 0 Å². The number of hydrogen-bond acceptors (Lipinski definition) is 7. The summed E-state index contributed by atoms with van der Waals surface area (Å²) < 4.78 is 27.2. The van der Waals surface area contributed by atoms with Gasteiger partial charge in [0, 0.05) is 11.6 Å².